The minimum atomic E-state index is -0.571. The highest BCUT2D eigenvalue weighted by atomic mass is 35.5. The summed E-state index contributed by atoms with van der Waals surface area (Å²) in [5.74, 6) is 1.19. The lowest BCUT2D eigenvalue weighted by Gasteiger charge is -2.24. The molecule has 2 unspecified atom stereocenters. The minimum absolute atomic E-state index is 0.118. The number of halogens is 1. The van der Waals surface area contributed by atoms with Crippen LogP contribution in [0.15, 0.2) is 33.9 Å². The second-order valence-electron chi connectivity index (χ2n) is 7.33. The van der Waals surface area contributed by atoms with Crippen molar-refractivity contribution in [2.24, 2.45) is 5.92 Å². The third-order valence-corrected chi connectivity index (χ3v) is 4.99. The van der Waals surface area contributed by atoms with Gasteiger partial charge in [0, 0.05) is 10.8 Å². The van der Waals surface area contributed by atoms with Crippen molar-refractivity contribution < 1.29 is 13.9 Å². The zero-order chi connectivity index (χ0) is 20.0. The van der Waals surface area contributed by atoms with E-state index in [2.05, 4.69) is 15.5 Å². The molecule has 1 aromatic heterocycles. The first-order valence-corrected chi connectivity index (χ1v) is 10.2. The summed E-state index contributed by atoms with van der Waals surface area (Å²) in [4.78, 5) is 12.2. The second-order valence-corrected chi connectivity index (χ2v) is 8.69. The van der Waals surface area contributed by atoms with Gasteiger partial charge in [0.15, 0.2) is 0 Å². The average Bonchev–Trinajstić information content (AvgIpc) is 3.05. The van der Waals surface area contributed by atoms with Gasteiger partial charge in [-0.2, -0.15) is 0 Å². The van der Waals surface area contributed by atoms with E-state index in [0.717, 1.165) is 12.0 Å². The van der Waals surface area contributed by atoms with Gasteiger partial charge in [0.25, 0.3) is 5.22 Å². The van der Waals surface area contributed by atoms with E-state index in [4.69, 9.17) is 20.8 Å². The van der Waals surface area contributed by atoms with Crippen LogP contribution in [0, 0.1) is 5.92 Å². The van der Waals surface area contributed by atoms with Crippen LogP contribution in [-0.2, 0) is 10.5 Å². The Bertz CT molecular complexity index is 743. The fourth-order valence-corrected chi connectivity index (χ4v) is 3.10. The summed E-state index contributed by atoms with van der Waals surface area (Å²) in [6.45, 7) is 9.53. The number of ether oxygens (including phenoxy) is 1. The third kappa shape index (κ3) is 7.07. The number of hydrogen-bond donors (Lipinski definition) is 1. The Hall–Kier alpha value is -1.73. The van der Waals surface area contributed by atoms with E-state index in [1.54, 1.807) is 0 Å². The highest BCUT2D eigenvalue weighted by Crippen LogP contribution is 2.28. The average molecular weight is 412 g/mol. The Kier molecular flexibility index (Phi) is 7.56. The standard InChI is InChI=1S/C19H26ClN3O3S/c1-6-12(2)15(21-17(24)26-19(3,4)5)16-22-23-18(25-16)27-11-13-7-9-14(20)10-8-13/h7-10,12,15H,6,11H2,1-5H3,(H,21,24). The lowest BCUT2D eigenvalue weighted by Crippen LogP contribution is -2.37. The number of carbonyl (C=O) groups excluding carboxylic acids is 1. The van der Waals surface area contributed by atoms with E-state index >= 15 is 0 Å². The Balaban J connectivity index is 2.04. The van der Waals surface area contributed by atoms with Crippen LogP contribution in [0.4, 0.5) is 4.79 Å². The number of rotatable bonds is 7. The van der Waals surface area contributed by atoms with Crippen molar-refractivity contribution in [2.45, 2.75) is 63.7 Å². The predicted octanol–water partition coefficient (Wildman–Crippen LogP) is 5.63. The number of aromatic nitrogens is 2. The van der Waals surface area contributed by atoms with Gasteiger partial charge < -0.3 is 14.5 Å². The van der Waals surface area contributed by atoms with Gasteiger partial charge >= 0.3 is 6.09 Å². The number of alkyl carbamates (subject to hydrolysis) is 1. The van der Waals surface area contributed by atoms with Crippen molar-refractivity contribution in [1.82, 2.24) is 15.5 Å². The summed E-state index contributed by atoms with van der Waals surface area (Å²) in [6, 6.07) is 7.21. The molecule has 8 heteroatoms. The molecule has 2 rings (SSSR count). The topological polar surface area (TPSA) is 77.2 Å². The second kappa shape index (κ2) is 9.46. The zero-order valence-electron chi connectivity index (χ0n) is 16.3. The van der Waals surface area contributed by atoms with Gasteiger partial charge in [-0.15, -0.1) is 10.2 Å². The molecule has 0 radical (unpaired) electrons. The van der Waals surface area contributed by atoms with Gasteiger partial charge in [-0.25, -0.2) is 4.79 Å². The summed E-state index contributed by atoms with van der Waals surface area (Å²) in [7, 11) is 0. The first kappa shape index (κ1) is 21.6. The Morgan fingerprint density at radius 2 is 1.96 bits per heavy atom. The van der Waals surface area contributed by atoms with E-state index in [9.17, 15) is 4.79 Å². The first-order chi connectivity index (χ1) is 12.7. The van der Waals surface area contributed by atoms with E-state index in [1.165, 1.54) is 11.8 Å². The Morgan fingerprint density at radius 3 is 2.56 bits per heavy atom. The first-order valence-electron chi connectivity index (χ1n) is 8.88. The van der Waals surface area contributed by atoms with Crippen LogP contribution in [0.3, 0.4) is 0 Å². The third-order valence-electron chi connectivity index (χ3n) is 3.85. The molecule has 1 N–H and O–H groups in total. The van der Waals surface area contributed by atoms with Crippen molar-refractivity contribution in [2.75, 3.05) is 0 Å². The van der Waals surface area contributed by atoms with Gasteiger partial charge in [-0.05, 0) is 44.4 Å². The van der Waals surface area contributed by atoms with Crippen LogP contribution in [0.2, 0.25) is 5.02 Å². The number of amides is 1. The van der Waals surface area contributed by atoms with Crippen molar-refractivity contribution in [1.29, 1.82) is 0 Å². The number of nitrogens with one attached hydrogen (secondary N) is 1. The van der Waals surface area contributed by atoms with Crippen LogP contribution < -0.4 is 5.32 Å². The van der Waals surface area contributed by atoms with Gasteiger partial charge in [-0.3, -0.25) is 0 Å². The number of carbonyl (C=O) groups is 1. The molecule has 0 aliphatic rings. The lowest BCUT2D eigenvalue weighted by atomic mass is 9.99. The molecule has 0 spiro atoms. The summed E-state index contributed by atoms with van der Waals surface area (Å²) in [5.41, 5.74) is 0.535. The van der Waals surface area contributed by atoms with Crippen LogP contribution in [-0.4, -0.2) is 21.9 Å². The van der Waals surface area contributed by atoms with E-state index in [1.807, 2.05) is 58.9 Å². The van der Waals surface area contributed by atoms with Crippen molar-refractivity contribution in [3.05, 3.63) is 40.7 Å². The molecule has 0 aliphatic heterocycles. The predicted molar refractivity (Wildman–Crippen MR) is 107 cm³/mol. The Morgan fingerprint density at radius 1 is 1.30 bits per heavy atom. The van der Waals surface area contributed by atoms with E-state index < -0.39 is 17.7 Å². The summed E-state index contributed by atoms with van der Waals surface area (Å²) in [5, 5.41) is 12.2. The highest BCUT2D eigenvalue weighted by Gasteiger charge is 2.28. The van der Waals surface area contributed by atoms with Crippen LogP contribution in [0.25, 0.3) is 0 Å². The molecule has 0 saturated carbocycles. The maximum absolute atomic E-state index is 12.2. The summed E-state index contributed by atoms with van der Waals surface area (Å²) < 4.78 is 11.1. The fraction of sp³-hybridized carbons (Fsp3) is 0.526. The molecule has 0 bridgehead atoms. The molecule has 1 heterocycles. The zero-order valence-corrected chi connectivity index (χ0v) is 17.9. The summed E-state index contributed by atoms with van der Waals surface area (Å²) >= 11 is 7.34. The van der Waals surface area contributed by atoms with Gasteiger partial charge in [0.05, 0.1) is 0 Å². The molecule has 0 aliphatic carbocycles. The van der Waals surface area contributed by atoms with Gasteiger partial charge in [-0.1, -0.05) is 55.8 Å². The summed E-state index contributed by atoms with van der Waals surface area (Å²) in [6.07, 6.45) is 0.345. The largest absolute Gasteiger partial charge is 0.444 e. The van der Waals surface area contributed by atoms with Crippen LogP contribution in [0.5, 0.6) is 0 Å². The SMILES string of the molecule is CCC(C)C(NC(=O)OC(C)(C)C)c1nnc(SCc2ccc(Cl)cc2)o1. The highest BCUT2D eigenvalue weighted by molar-refractivity contribution is 7.98. The van der Waals surface area contributed by atoms with Crippen molar-refractivity contribution >= 4 is 29.5 Å². The molecule has 1 amide bonds. The fourth-order valence-electron chi connectivity index (χ4n) is 2.25. The van der Waals surface area contributed by atoms with Crippen molar-refractivity contribution in [3.63, 3.8) is 0 Å². The van der Waals surface area contributed by atoms with E-state index in [0.29, 0.717) is 21.9 Å². The van der Waals surface area contributed by atoms with Crippen LogP contribution in [0.1, 0.15) is 58.5 Å². The quantitative estimate of drug-likeness (QED) is 0.595. The number of thioether (sulfide) groups is 1. The molecule has 0 saturated heterocycles. The maximum atomic E-state index is 12.2. The minimum Gasteiger partial charge on any atom is -0.444 e. The number of benzene rings is 1. The monoisotopic (exact) mass is 411 g/mol. The van der Waals surface area contributed by atoms with Crippen LogP contribution >= 0.6 is 23.4 Å². The normalized spacial score (nSPS) is 13.9. The number of hydrogen-bond acceptors (Lipinski definition) is 6. The molecule has 6 nitrogen and oxygen atoms in total. The van der Waals surface area contributed by atoms with E-state index in [-0.39, 0.29) is 5.92 Å². The molecule has 0 fully saturated rings. The molecule has 2 aromatic rings. The van der Waals surface area contributed by atoms with Gasteiger partial charge in [0.2, 0.25) is 5.89 Å². The number of nitrogens with zero attached hydrogens (tertiary/aromatic N) is 2. The Labute approximate surface area is 169 Å². The molecule has 1 aromatic carbocycles. The molecular formula is C19H26ClN3O3S. The molecule has 2 atom stereocenters. The smallest absolute Gasteiger partial charge is 0.408 e. The lowest BCUT2D eigenvalue weighted by molar-refractivity contribution is 0.0474. The molecule has 27 heavy (non-hydrogen) atoms. The van der Waals surface area contributed by atoms with Gasteiger partial charge in [0.1, 0.15) is 11.6 Å². The maximum Gasteiger partial charge on any atom is 0.408 e. The molecular weight excluding hydrogens is 386 g/mol. The van der Waals surface area contributed by atoms with Crippen molar-refractivity contribution in [3.8, 4) is 0 Å². The molecule has 148 valence electrons.